The predicted octanol–water partition coefficient (Wildman–Crippen LogP) is 2.30. The molecule has 136 valence electrons. The number of benzene rings is 1. The summed E-state index contributed by atoms with van der Waals surface area (Å²) in [6.45, 7) is 5.92. The van der Waals surface area contributed by atoms with E-state index in [0.717, 1.165) is 47.3 Å². The van der Waals surface area contributed by atoms with E-state index in [2.05, 4.69) is 25.9 Å². The molecular weight excluding hydrogens is 350 g/mol. The van der Waals surface area contributed by atoms with Crippen LogP contribution in [-0.4, -0.2) is 52.9 Å². The highest BCUT2D eigenvalue weighted by atomic mass is 32.1. The minimum Gasteiger partial charge on any atom is -0.326 e. The number of carbonyl (C=O) groups excluding carboxylic acids is 2. The SMILES string of the molecule is Cc1nc(CN2CCN(C(=O)Nc3ccc4c(c3)CC(=O)N4)CC2)cs1. The van der Waals surface area contributed by atoms with E-state index < -0.39 is 0 Å². The van der Waals surface area contributed by atoms with Crippen LogP contribution in [0.15, 0.2) is 23.6 Å². The zero-order valence-corrected chi connectivity index (χ0v) is 15.4. The molecule has 0 saturated carbocycles. The lowest BCUT2D eigenvalue weighted by Gasteiger charge is -2.34. The molecule has 0 radical (unpaired) electrons. The fourth-order valence-corrected chi connectivity index (χ4v) is 3.93. The highest BCUT2D eigenvalue weighted by molar-refractivity contribution is 7.09. The Labute approximate surface area is 156 Å². The highest BCUT2D eigenvalue weighted by Crippen LogP contribution is 2.26. The van der Waals surface area contributed by atoms with Gasteiger partial charge in [-0.3, -0.25) is 9.69 Å². The topological polar surface area (TPSA) is 77.6 Å². The second-order valence-electron chi connectivity index (χ2n) is 6.65. The lowest BCUT2D eigenvalue weighted by molar-refractivity contribution is -0.115. The van der Waals surface area contributed by atoms with Crippen LogP contribution in [0.4, 0.5) is 16.2 Å². The van der Waals surface area contributed by atoms with E-state index in [1.807, 2.05) is 30.0 Å². The summed E-state index contributed by atoms with van der Waals surface area (Å²) in [7, 11) is 0. The average molecular weight is 371 g/mol. The van der Waals surface area contributed by atoms with Crippen LogP contribution in [0.3, 0.4) is 0 Å². The second-order valence-corrected chi connectivity index (χ2v) is 7.71. The van der Waals surface area contributed by atoms with Crippen molar-refractivity contribution < 1.29 is 9.59 Å². The number of carbonyl (C=O) groups is 2. The van der Waals surface area contributed by atoms with E-state index in [9.17, 15) is 9.59 Å². The fraction of sp³-hybridized carbons (Fsp3) is 0.389. The number of urea groups is 1. The Kier molecular flexibility index (Phi) is 4.60. The number of aryl methyl sites for hydroxylation is 1. The molecule has 1 aromatic carbocycles. The van der Waals surface area contributed by atoms with Gasteiger partial charge < -0.3 is 15.5 Å². The number of amides is 3. The van der Waals surface area contributed by atoms with Gasteiger partial charge in [-0.1, -0.05) is 0 Å². The summed E-state index contributed by atoms with van der Waals surface area (Å²) < 4.78 is 0. The van der Waals surface area contributed by atoms with Gasteiger partial charge in [0.05, 0.1) is 17.1 Å². The van der Waals surface area contributed by atoms with E-state index in [-0.39, 0.29) is 11.9 Å². The smallest absolute Gasteiger partial charge is 0.321 e. The van der Waals surface area contributed by atoms with Gasteiger partial charge in [-0.15, -0.1) is 11.3 Å². The van der Waals surface area contributed by atoms with Crippen molar-refractivity contribution in [1.82, 2.24) is 14.8 Å². The Morgan fingerprint density at radius 3 is 2.85 bits per heavy atom. The maximum atomic E-state index is 12.5. The normalized spacial score (nSPS) is 17.1. The van der Waals surface area contributed by atoms with Crippen molar-refractivity contribution in [3.05, 3.63) is 39.8 Å². The molecule has 4 rings (SSSR count). The molecule has 2 aromatic rings. The van der Waals surface area contributed by atoms with Crippen LogP contribution in [0.2, 0.25) is 0 Å². The molecule has 1 fully saturated rings. The number of piperazine rings is 1. The molecule has 2 aliphatic rings. The molecule has 0 unspecified atom stereocenters. The van der Waals surface area contributed by atoms with Crippen LogP contribution in [0.5, 0.6) is 0 Å². The van der Waals surface area contributed by atoms with E-state index >= 15 is 0 Å². The van der Waals surface area contributed by atoms with Crippen LogP contribution in [-0.2, 0) is 17.8 Å². The van der Waals surface area contributed by atoms with Gasteiger partial charge in [0.2, 0.25) is 5.91 Å². The van der Waals surface area contributed by atoms with Gasteiger partial charge in [-0.25, -0.2) is 9.78 Å². The molecule has 2 aliphatic heterocycles. The minimum absolute atomic E-state index is 0.00472. The number of hydrogen-bond acceptors (Lipinski definition) is 5. The van der Waals surface area contributed by atoms with Crippen molar-refractivity contribution in [2.45, 2.75) is 19.9 Å². The zero-order chi connectivity index (χ0) is 18.1. The van der Waals surface area contributed by atoms with Crippen molar-refractivity contribution in [2.24, 2.45) is 0 Å². The molecule has 7 nitrogen and oxygen atoms in total. The summed E-state index contributed by atoms with van der Waals surface area (Å²) in [5.74, 6) is -0.00472. The van der Waals surface area contributed by atoms with Crippen molar-refractivity contribution in [3.8, 4) is 0 Å². The van der Waals surface area contributed by atoms with Crippen molar-refractivity contribution in [2.75, 3.05) is 36.8 Å². The van der Waals surface area contributed by atoms with E-state index in [0.29, 0.717) is 19.5 Å². The van der Waals surface area contributed by atoms with Gasteiger partial charge >= 0.3 is 6.03 Å². The fourth-order valence-electron chi connectivity index (χ4n) is 3.33. The standard InChI is InChI=1S/C18H21N5O2S/c1-12-19-15(11-26-12)10-22-4-6-23(7-5-22)18(25)20-14-2-3-16-13(8-14)9-17(24)21-16/h2-3,8,11H,4-7,9-10H2,1H3,(H,20,25)(H,21,24). The molecular formula is C18H21N5O2S. The summed E-state index contributed by atoms with van der Waals surface area (Å²) in [6, 6.07) is 5.44. The predicted molar refractivity (Wildman–Crippen MR) is 101 cm³/mol. The van der Waals surface area contributed by atoms with Crippen LogP contribution >= 0.6 is 11.3 Å². The van der Waals surface area contributed by atoms with Crippen LogP contribution in [0.25, 0.3) is 0 Å². The van der Waals surface area contributed by atoms with Gasteiger partial charge in [0.15, 0.2) is 0 Å². The number of anilines is 2. The Morgan fingerprint density at radius 1 is 1.31 bits per heavy atom. The van der Waals surface area contributed by atoms with Gasteiger partial charge in [0, 0.05) is 49.5 Å². The van der Waals surface area contributed by atoms with Crippen LogP contribution in [0.1, 0.15) is 16.3 Å². The number of nitrogens with zero attached hydrogens (tertiary/aromatic N) is 3. The second kappa shape index (κ2) is 7.05. The lowest BCUT2D eigenvalue weighted by Crippen LogP contribution is -2.49. The molecule has 0 spiro atoms. The van der Waals surface area contributed by atoms with Gasteiger partial charge in [-0.05, 0) is 30.7 Å². The number of hydrogen-bond donors (Lipinski definition) is 2. The van der Waals surface area contributed by atoms with E-state index in [4.69, 9.17) is 0 Å². The number of thiazole rings is 1. The first-order chi connectivity index (χ1) is 12.6. The van der Waals surface area contributed by atoms with Crippen LogP contribution < -0.4 is 10.6 Å². The highest BCUT2D eigenvalue weighted by Gasteiger charge is 2.23. The molecule has 0 bridgehead atoms. The first-order valence-electron chi connectivity index (χ1n) is 8.69. The Morgan fingerprint density at radius 2 is 2.12 bits per heavy atom. The van der Waals surface area contributed by atoms with E-state index in [1.54, 1.807) is 11.3 Å². The molecule has 2 N–H and O–H groups in total. The molecule has 3 amide bonds. The lowest BCUT2D eigenvalue weighted by atomic mass is 10.1. The number of nitrogens with one attached hydrogen (secondary N) is 2. The molecule has 1 aromatic heterocycles. The maximum absolute atomic E-state index is 12.5. The number of rotatable bonds is 3. The quantitative estimate of drug-likeness (QED) is 0.868. The summed E-state index contributed by atoms with van der Waals surface area (Å²) in [5, 5.41) is 8.92. The molecule has 0 atom stereocenters. The summed E-state index contributed by atoms with van der Waals surface area (Å²) in [6.07, 6.45) is 0.369. The first kappa shape index (κ1) is 17.0. The largest absolute Gasteiger partial charge is 0.326 e. The zero-order valence-electron chi connectivity index (χ0n) is 14.6. The summed E-state index contributed by atoms with van der Waals surface area (Å²) in [4.78, 5) is 32.6. The van der Waals surface area contributed by atoms with Crippen molar-refractivity contribution in [3.63, 3.8) is 0 Å². The molecule has 0 aliphatic carbocycles. The maximum Gasteiger partial charge on any atom is 0.321 e. The van der Waals surface area contributed by atoms with Gasteiger partial charge in [0.1, 0.15) is 0 Å². The summed E-state index contributed by atoms with van der Waals surface area (Å²) >= 11 is 1.67. The molecule has 26 heavy (non-hydrogen) atoms. The van der Waals surface area contributed by atoms with Crippen molar-refractivity contribution in [1.29, 1.82) is 0 Å². The monoisotopic (exact) mass is 371 g/mol. The Bertz CT molecular complexity index is 842. The molecule has 8 heteroatoms. The third-order valence-corrected chi connectivity index (χ3v) is 5.52. The molecule has 1 saturated heterocycles. The third kappa shape index (κ3) is 3.71. The average Bonchev–Trinajstić information content (AvgIpc) is 3.19. The first-order valence-corrected chi connectivity index (χ1v) is 9.57. The summed E-state index contributed by atoms with van der Waals surface area (Å²) in [5.41, 5.74) is 3.59. The van der Waals surface area contributed by atoms with E-state index in [1.165, 1.54) is 0 Å². The van der Waals surface area contributed by atoms with Gasteiger partial charge in [0.25, 0.3) is 0 Å². The minimum atomic E-state index is -0.0913. The van der Waals surface area contributed by atoms with Crippen molar-refractivity contribution >= 4 is 34.6 Å². The third-order valence-electron chi connectivity index (χ3n) is 4.69. The Hall–Kier alpha value is -2.45. The molecule has 3 heterocycles. The van der Waals surface area contributed by atoms with Gasteiger partial charge in [-0.2, -0.15) is 0 Å². The number of aromatic nitrogens is 1. The Balaban J connectivity index is 1.30. The number of fused-ring (bicyclic) bond motifs is 1. The van der Waals surface area contributed by atoms with Crippen LogP contribution in [0, 0.1) is 6.92 Å².